The van der Waals surface area contributed by atoms with Crippen LogP contribution in [-0.4, -0.2) is 34.9 Å². The highest BCUT2D eigenvalue weighted by atomic mass is 16.2. The highest BCUT2D eigenvalue weighted by molar-refractivity contribution is 5.99. The van der Waals surface area contributed by atoms with Crippen molar-refractivity contribution >= 4 is 11.7 Å². The molecular formula is C15H23N3O. The average molecular weight is 261 g/mol. The molecule has 1 saturated carbocycles. The van der Waals surface area contributed by atoms with Crippen LogP contribution >= 0.6 is 0 Å². The Hall–Kier alpha value is -1.58. The first-order valence-electron chi connectivity index (χ1n) is 7.27. The van der Waals surface area contributed by atoms with E-state index in [9.17, 15) is 4.79 Å². The van der Waals surface area contributed by atoms with E-state index < -0.39 is 0 Å². The van der Waals surface area contributed by atoms with Crippen molar-refractivity contribution in [1.29, 1.82) is 0 Å². The monoisotopic (exact) mass is 261 g/mol. The maximum atomic E-state index is 12.6. The summed E-state index contributed by atoms with van der Waals surface area (Å²) in [5.74, 6) is 0.840. The molecule has 104 valence electrons. The maximum Gasteiger partial charge on any atom is 0.257 e. The molecule has 0 aliphatic heterocycles. The quantitative estimate of drug-likeness (QED) is 0.821. The molecule has 0 saturated heterocycles. The van der Waals surface area contributed by atoms with Gasteiger partial charge in [0.2, 0.25) is 0 Å². The van der Waals surface area contributed by atoms with E-state index in [0.717, 1.165) is 44.6 Å². The number of hydrogen-bond acceptors (Lipinski definition) is 3. The second-order valence-electron chi connectivity index (χ2n) is 5.06. The lowest BCUT2D eigenvalue weighted by molar-refractivity contribution is 0.0743. The van der Waals surface area contributed by atoms with Crippen LogP contribution < -0.4 is 5.32 Å². The normalized spacial score (nSPS) is 14.2. The van der Waals surface area contributed by atoms with Crippen molar-refractivity contribution in [3.63, 3.8) is 0 Å². The molecule has 1 aliphatic carbocycles. The van der Waals surface area contributed by atoms with Gasteiger partial charge in [-0.05, 0) is 37.8 Å². The Labute approximate surface area is 115 Å². The summed E-state index contributed by atoms with van der Waals surface area (Å²) < 4.78 is 0. The lowest BCUT2D eigenvalue weighted by Crippen LogP contribution is -2.34. The van der Waals surface area contributed by atoms with Gasteiger partial charge in [0.15, 0.2) is 0 Å². The molecule has 4 nitrogen and oxygen atoms in total. The predicted octanol–water partition coefficient (Wildman–Crippen LogP) is 2.92. The number of nitrogens with one attached hydrogen (secondary N) is 1. The zero-order valence-electron chi connectivity index (χ0n) is 11.9. The molecule has 2 rings (SSSR count). The summed E-state index contributed by atoms with van der Waals surface area (Å²) in [4.78, 5) is 19.0. The minimum Gasteiger partial charge on any atom is -0.369 e. The molecule has 1 fully saturated rings. The number of pyridine rings is 1. The van der Waals surface area contributed by atoms with Gasteiger partial charge >= 0.3 is 0 Å². The van der Waals surface area contributed by atoms with E-state index in [2.05, 4.69) is 24.1 Å². The zero-order valence-corrected chi connectivity index (χ0v) is 11.9. The van der Waals surface area contributed by atoms with Crippen molar-refractivity contribution in [2.75, 3.05) is 18.4 Å². The molecule has 1 aromatic rings. The van der Waals surface area contributed by atoms with E-state index in [1.165, 1.54) is 0 Å². The Morgan fingerprint density at radius 3 is 2.84 bits per heavy atom. The van der Waals surface area contributed by atoms with E-state index >= 15 is 0 Å². The van der Waals surface area contributed by atoms with Crippen LogP contribution in [0.4, 0.5) is 5.82 Å². The number of hydrogen-bond donors (Lipinski definition) is 1. The topological polar surface area (TPSA) is 45.2 Å². The fourth-order valence-corrected chi connectivity index (χ4v) is 2.19. The fourth-order valence-electron chi connectivity index (χ4n) is 2.19. The van der Waals surface area contributed by atoms with Crippen LogP contribution in [0.5, 0.6) is 0 Å². The van der Waals surface area contributed by atoms with Crippen LogP contribution in [0.2, 0.25) is 0 Å². The standard InChI is InChI=1S/C15H23N3O/c1-3-9-16-14-13(6-5-10-17-14)15(19)18(11-4-2)12-7-8-12/h5-6,10,12H,3-4,7-9,11H2,1-2H3,(H,16,17). The van der Waals surface area contributed by atoms with Crippen LogP contribution in [-0.2, 0) is 0 Å². The number of carbonyl (C=O) groups is 1. The smallest absolute Gasteiger partial charge is 0.257 e. The molecule has 0 atom stereocenters. The molecule has 0 aromatic carbocycles. The highest BCUT2D eigenvalue weighted by Crippen LogP contribution is 2.29. The van der Waals surface area contributed by atoms with Gasteiger partial charge in [0.05, 0.1) is 5.56 Å². The Morgan fingerprint density at radius 2 is 2.21 bits per heavy atom. The van der Waals surface area contributed by atoms with Crippen LogP contribution in [0.3, 0.4) is 0 Å². The first-order valence-corrected chi connectivity index (χ1v) is 7.27. The number of aromatic nitrogens is 1. The van der Waals surface area contributed by atoms with Crippen LogP contribution in [0.25, 0.3) is 0 Å². The predicted molar refractivity (Wildman–Crippen MR) is 77.4 cm³/mol. The summed E-state index contributed by atoms with van der Waals surface area (Å²) in [7, 11) is 0. The molecule has 1 amide bonds. The van der Waals surface area contributed by atoms with Crippen molar-refractivity contribution in [3.05, 3.63) is 23.9 Å². The average Bonchev–Trinajstić information content (AvgIpc) is 3.26. The summed E-state index contributed by atoms with van der Waals surface area (Å²) in [6.45, 7) is 5.90. The van der Waals surface area contributed by atoms with Gasteiger partial charge in [0, 0.05) is 25.3 Å². The molecule has 1 aliphatic rings. The van der Waals surface area contributed by atoms with Crippen LogP contribution in [0, 0.1) is 0 Å². The number of amides is 1. The highest BCUT2D eigenvalue weighted by Gasteiger charge is 2.33. The summed E-state index contributed by atoms with van der Waals surface area (Å²) in [6.07, 6.45) is 6.04. The second kappa shape index (κ2) is 6.55. The van der Waals surface area contributed by atoms with E-state index in [1.54, 1.807) is 6.20 Å². The maximum absolute atomic E-state index is 12.6. The molecule has 19 heavy (non-hydrogen) atoms. The molecule has 0 bridgehead atoms. The van der Waals surface area contributed by atoms with Crippen molar-refractivity contribution in [2.24, 2.45) is 0 Å². The molecule has 1 N–H and O–H groups in total. The van der Waals surface area contributed by atoms with Gasteiger partial charge in [-0.1, -0.05) is 13.8 Å². The number of anilines is 1. The molecular weight excluding hydrogens is 238 g/mol. The lowest BCUT2D eigenvalue weighted by Gasteiger charge is -2.22. The van der Waals surface area contributed by atoms with Gasteiger partial charge in [-0.25, -0.2) is 4.98 Å². The number of nitrogens with zero attached hydrogens (tertiary/aromatic N) is 2. The van der Waals surface area contributed by atoms with Gasteiger partial charge in [-0.3, -0.25) is 4.79 Å². The minimum absolute atomic E-state index is 0.121. The first kappa shape index (κ1) is 13.8. The van der Waals surface area contributed by atoms with E-state index in [-0.39, 0.29) is 5.91 Å². The second-order valence-corrected chi connectivity index (χ2v) is 5.06. The SMILES string of the molecule is CCCNc1ncccc1C(=O)N(CCC)C1CC1. The van der Waals surface area contributed by atoms with Crippen molar-refractivity contribution in [2.45, 2.75) is 45.6 Å². The van der Waals surface area contributed by atoms with E-state index in [1.807, 2.05) is 17.0 Å². The summed E-state index contributed by atoms with van der Waals surface area (Å²) in [5, 5.41) is 3.24. The molecule has 1 heterocycles. The molecule has 1 aromatic heterocycles. The van der Waals surface area contributed by atoms with Gasteiger partial charge < -0.3 is 10.2 Å². The van der Waals surface area contributed by atoms with Crippen molar-refractivity contribution in [1.82, 2.24) is 9.88 Å². The third-order valence-electron chi connectivity index (χ3n) is 3.29. The Balaban J connectivity index is 2.16. The third-order valence-corrected chi connectivity index (χ3v) is 3.29. The van der Waals surface area contributed by atoms with Crippen LogP contribution in [0.15, 0.2) is 18.3 Å². The lowest BCUT2D eigenvalue weighted by atomic mass is 10.2. The van der Waals surface area contributed by atoms with Crippen molar-refractivity contribution in [3.8, 4) is 0 Å². The molecule has 0 spiro atoms. The Bertz CT molecular complexity index is 429. The molecule has 0 unspecified atom stereocenters. The van der Waals surface area contributed by atoms with Gasteiger partial charge in [0.1, 0.15) is 5.82 Å². The Morgan fingerprint density at radius 1 is 1.42 bits per heavy atom. The Kier molecular flexibility index (Phi) is 4.77. The molecule has 4 heteroatoms. The molecule has 0 radical (unpaired) electrons. The third kappa shape index (κ3) is 3.46. The fraction of sp³-hybridized carbons (Fsp3) is 0.600. The van der Waals surface area contributed by atoms with Crippen molar-refractivity contribution < 1.29 is 4.79 Å². The minimum atomic E-state index is 0.121. The summed E-state index contributed by atoms with van der Waals surface area (Å²) in [6, 6.07) is 4.16. The summed E-state index contributed by atoms with van der Waals surface area (Å²) in [5.41, 5.74) is 0.705. The summed E-state index contributed by atoms with van der Waals surface area (Å²) >= 11 is 0. The number of carbonyl (C=O) groups excluding carboxylic acids is 1. The first-order chi connectivity index (χ1) is 9.27. The van der Waals surface area contributed by atoms with Gasteiger partial charge in [-0.2, -0.15) is 0 Å². The largest absolute Gasteiger partial charge is 0.369 e. The number of rotatable bonds is 7. The van der Waals surface area contributed by atoms with Gasteiger partial charge in [-0.15, -0.1) is 0 Å². The zero-order chi connectivity index (χ0) is 13.7. The van der Waals surface area contributed by atoms with E-state index in [4.69, 9.17) is 0 Å². The van der Waals surface area contributed by atoms with Crippen LogP contribution in [0.1, 0.15) is 49.9 Å². The van der Waals surface area contributed by atoms with E-state index in [0.29, 0.717) is 11.6 Å². The van der Waals surface area contributed by atoms with Gasteiger partial charge in [0.25, 0.3) is 5.91 Å².